The van der Waals surface area contributed by atoms with Gasteiger partial charge in [0.05, 0.1) is 24.3 Å². The molecule has 5 nitrogen and oxygen atoms in total. The van der Waals surface area contributed by atoms with Crippen molar-refractivity contribution in [2.24, 2.45) is 16.3 Å². The summed E-state index contributed by atoms with van der Waals surface area (Å²) in [6.45, 7) is 9.24. The quantitative estimate of drug-likeness (QED) is 0.295. The highest BCUT2D eigenvalue weighted by molar-refractivity contribution is 7.16. The molecule has 0 unspecified atom stereocenters. The standard InChI is InChI=1S/C29H32Cl2N2O3S/c1-6-36-23-14-17(13-22(31)26(23)35-5)16-32-28-25(27(34)33-20-10-8-19(30)9-11-20)21-12-7-18(29(2,3)4)15-24(21)37-28/h8-11,13-14,16,18H,6-7,12,15H2,1-5H3,(H,33,34)/t18-/m0/s1. The molecular weight excluding hydrogens is 527 g/mol. The second-order valence-electron chi connectivity index (χ2n) is 10.2. The van der Waals surface area contributed by atoms with E-state index in [0.29, 0.717) is 50.3 Å². The molecule has 3 aromatic rings. The van der Waals surface area contributed by atoms with Crippen molar-refractivity contribution in [2.45, 2.75) is 47.0 Å². The molecule has 1 aromatic heterocycles. The Hall–Kier alpha value is -2.54. The number of carbonyl (C=O) groups excluding carboxylic acids is 1. The molecule has 1 N–H and O–H groups in total. The maximum atomic E-state index is 13.6. The van der Waals surface area contributed by atoms with Crippen LogP contribution in [0.5, 0.6) is 11.5 Å². The molecule has 0 spiro atoms. The van der Waals surface area contributed by atoms with E-state index in [-0.39, 0.29) is 11.3 Å². The SMILES string of the molecule is CCOc1cc(C=Nc2sc3c(c2C(=O)Nc2ccc(Cl)cc2)CC[C@H](C(C)(C)C)C3)cc(Cl)c1OC. The maximum absolute atomic E-state index is 13.6. The Balaban J connectivity index is 1.72. The Morgan fingerprint density at radius 2 is 1.95 bits per heavy atom. The first-order valence-electron chi connectivity index (χ1n) is 12.4. The summed E-state index contributed by atoms with van der Waals surface area (Å²) in [7, 11) is 1.56. The summed E-state index contributed by atoms with van der Waals surface area (Å²) in [6.07, 6.45) is 4.58. The predicted octanol–water partition coefficient (Wildman–Crippen LogP) is 8.62. The second kappa shape index (κ2) is 11.5. The highest BCUT2D eigenvalue weighted by Crippen LogP contribution is 2.45. The van der Waals surface area contributed by atoms with E-state index in [4.69, 9.17) is 37.7 Å². The van der Waals surface area contributed by atoms with Crippen LogP contribution < -0.4 is 14.8 Å². The molecule has 196 valence electrons. The van der Waals surface area contributed by atoms with E-state index in [1.54, 1.807) is 55.0 Å². The van der Waals surface area contributed by atoms with Crippen molar-refractivity contribution in [1.82, 2.24) is 0 Å². The summed E-state index contributed by atoms with van der Waals surface area (Å²) in [5, 5.41) is 4.78. The number of nitrogens with one attached hydrogen (secondary N) is 1. The van der Waals surface area contributed by atoms with E-state index in [1.165, 1.54) is 4.88 Å². The van der Waals surface area contributed by atoms with Crippen LogP contribution >= 0.6 is 34.5 Å². The van der Waals surface area contributed by atoms with Gasteiger partial charge in [-0.05, 0) is 85.0 Å². The number of thiophene rings is 1. The molecule has 0 radical (unpaired) electrons. The molecule has 8 heteroatoms. The third-order valence-corrected chi connectivity index (χ3v) is 8.36. The molecule has 1 aliphatic carbocycles. The van der Waals surface area contributed by atoms with Crippen LogP contribution in [0.15, 0.2) is 41.4 Å². The van der Waals surface area contributed by atoms with Gasteiger partial charge in [-0.1, -0.05) is 44.0 Å². The largest absolute Gasteiger partial charge is 0.491 e. The fourth-order valence-corrected chi connectivity index (χ4v) is 6.31. The minimum Gasteiger partial charge on any atom is -0.491 e. The molecule has 1 amide bonds. The first-order chi connectivity index (χ1) is 17.6. The Bertz CT molecular complexity index is 1310. The zero-order chi connectivity index (χ0) is 26.7. The fourth-order valence-electron chi connectivity index (χ4n) is 4.62. The van der Waals surface area contributed by atoms with Crippen molar-refractivity contribution >= 4 is 57.3 Å². The molecule has 1 aliphatic rings. The van der Waals surface area contributed by atoms with Crippen LogP contribution in [-0.4, -0.2) is 25.8 Å². The van der Waals surface area contributed by atoms with Crippen molar-refractivity contribution in [3.8, 4) is 11.5 Å². The van der Waals surface area contributed by atoms with E-state index in [2.05, 4.69) is 26.1 Å². The van der Waals surface area contributed by atoms with Crippen molar-refractivity contribution < 1.29 is 14.3 Å². The number of rotatable bonds is 7. The van der Waals surface area contributed by atoms with E-state index in [1.807, 2.05) is 13.0 Å². The molecule has 1 atom stereocenters. The maximum Gasteiger partial charge on any atom is 0.259 e. The Kier molecular flexibility index (Phi) is 8.52. The van der Waals surface area contributed by atoms with Gasteiger partial charge in [0, 0.05) is 21.8 Å². The monoisotopic (exact) mass is 558 g/mol. The molecule has 0 aliphatic heterocycles. The number of hydrogen-bond donors (Lipinski definition) is 1. The summed E-state index contributed by atoms with van der Waals surface area (Å²) < 4.78 is 11.1. The first-order valence-corrected chi connectivity index (χ1v) is 13.9. The van der Waals surface area contributed by atoms with E-state index >= 15 is 0 Å². The lowest BCUT2D eigenvalue weighted by Crippen LogP contribution is -2.27. The minimum atomic E-state index is -0.163. The van der Waals surface area contributed by atoms with Gasteiger partial charge in [-0.2, -0.15) is 0 Å². The first kappa shape index (κ1) is 27.5. The molecule has 1 heterocycles. The van der Waals surface area contributed by atoms with E-state index in [9.17, 15) is 4.79 Å². The fraction of sp³-hybridized carbons (Fsp3) is 0.379. The summed E-state index contributed by atoms with van der Waals surface area (Å²) in [4.78, 5) is 19.6. The van der Waals surface area contributed by atoms with Gasteiger partial charge in [-0.15, -0.1) is 11.3 Å². The average Bonchev–Trinajstić information content (AvgIpc) is 3.21. The number of benzene rings is 2. The highest BCUT2D eigenvalue weighted by atomic mass is 35.5. The van der Waals surface area contributed by atoms with Crippen LogP contribution in [0.2, 0.25) is 10.0 Å². The number of amides is 1. The number of halogens is 2. The Morgan fingerprint density at radius 3 is 2.59 bits per heavy atom. The topological polar surface area (TPSA) is 59.9 Å². The lowest BCUT2D eigenvalue weighted by Gasteiger charge is -2.33. The summed E-state index contributed by atoms with van der Waals surface area (Å²) in [6, 6.07) is 10.7. The van der Waals surface area contributed by atoms with Crippen molar-refractivity contribution in [1.29, 1.82) is 0 Å². The van der Waals surface area contributed by atoms with Crippen LogP contribution in [0.3, 0.4) is 0 Å². The predicted molar refractivity (Wildman–Crippen MR) is 155 cm³/mol. The molecule has 2 aromatic carbocycles. The van der Waals surface area contributed by atoms with Crippen LogP contribution in [0.4, 0.5) is 10.7 Å². The lowest BCUT2D eigenvalue weighted by molar-refractivity contribution is 0.102. The zero-order valence-corrected chi connectivity index (χ0v) is 24.1. The highest BCUT2D eigenvalue weighted by Gasteiger charge is 2.33. The van der Waals surface area contributed by atoms with Crippen LogP contribution in [0.1, 0.15) is 60.5 Å². The number of anilines is 1. The summed E-state index contributed by atoms with van der Waals surface area (Å²) >= 11 is 14.1. The van der Waals surface area contributed by atoms with Crippen LogP contribution in [0.25, 0.3) is 0 Å². The van der Waals surface area contributed by atoms with Crippen LogP contribution in [0, 0.1) is 11.3 Å². The zero-order valence-electron chi connectivity index (χ0n) is 21.8. The lowest BCUT2D eigenvalue weighted by atomic mass is 9.72. The van der Waals surface area contributed by atoms with Gasteiger partial charge in [0.1, 0.15) is 5.00 Å². The average molecular weight is 560 g/mol. The third-order valence-electron chi connectivity index (χ3n) is 6.67. The molecular formula is C29H32Cl2N2O3S. The molecule has 37 heavy (non-hydrogen) atoms. The van der Waals surface area contributed by atoms with Crippen molar-refractivity contribution in [2.75, 3.05) is 19.0 Å². The van der Waals surface area contributed by atoms with Crippen LogP contribution in [-0.2, 0) is 12.8 Å². The number of nitrogens with zero attached hydrogens (tertiary/aromatic N) is 1. The number of hydrogen-bond acceptors (Lipinski definition) is 5. The van der Waals surface area contributed by atoms with Crippen molar-refractivity contribution in [3.63, 3.8) is 0 Å². The molecule has 4 rings (SSSR count). The summed E-state index contributed by atoms with van der Waals surface area (Å²) in [5.41, 5.74) is 3.40. The van der Waals surface area contributed by atoms with Gasteiger partial charge in [0.2, 0.25) is 0 Å². The van der Waals surface area contributed by atoms with Crippen molar-refractivity contribution in [3.05, 3.63) is 68.0 Å². The molecule has 0 fully saturated rings. The second-order valence-corrected chi connectivity index (χ2v) is 12.1. The molecule has 0 bridgehead atoms. The van der Waals surface area contributed by atoms with Gasteiger partial charge in [-0.3, -0.25) is 4.79 Å². The number of methoxy groups -OCH3 is 1. The third kappa shape index (κ3) is 6.31. The number of aliphatic imine (C=N–C) groups is 1. The van der Waals surface area contributed by atoms with Gasteiger partial charge in [0.15, 0.2) is 11.5 Å². The smallest absolute Gasteiger partial charge is 0.259 e. The Morgan fingerprint density at radius 1 is 1.22 bits per heavy atom. The van der Waals surface area contributed by atoms with Gasteiger partial charge < -0.3 is 14.8 Å². The van der Waals surface area contributed by atoms with Gasteiger partial charge in [-0.25, -0.2) is 4.99 Å². The number of carbonyl (C=O) groups is 1. The number of ether oxygens (including phenoxy) is 2. The normalized spacial score (nSPS) is 15.5. The van der Waals surface area contributed by atoms with Gasteiger partial charge >= 0.3 is 0 Å². The Labute approximate surface area is 232 Å². The van der Waals surface area contributed by atoms with E-state index in [0.717, 1.165) is 30.4 Å². The van der Waals surface area contributed by atoms with E-state index < -0.39 is 0 Å². The number of fused-ring (bicyclic) bond motifs is 1. The summed E-state index contributed by atoms with van der Waals surface area (Å²) in [5.74, 6) is 1.43. The van der Waals surface area contributed by atoms with Gasteiger partial charge in [0.25, 0.3) is 5.91 Å². The minimum absolute atomic E-state index is 0.163. The molecule has 0 saturated carbocycles. The molecule has 0 saturated heterocycles.